The molecule has 6 nitrogen and oxygen atoms in total. The third-order valence-electron chi connectivity index (χ3n) is 13.9. The lowest BCUT2D eigenvalue weighted by atomic mass is 10.0. The summed E-state index contributed by atoms with van der Waals surface area (Å²) in [7, 11) is 0. The first-order chi connectivity index (χ1) is 37.0. The minimum atomic E-state index is -0.816. The van der Waals surface area contributed by atoms with E-state index in [1.807, 2.05) is 6.08 Å². The summed E-state index contributed by atoms with van der Waals surface area (Å²) in [5.74, 6) is -1.02. The molecule has 0 fully saturated rings. The van der Waals surface area contributed by atoms with Crippen molar-refractivity contribution >= 4 is 17.9 Å². The van der Waals surface area contributed by atoms with Crippen molar-refractivity contribution in [2.24, 2.45) is 0 Å². The lowest BCUT2D eigenvalue weighted by Gasteiger charge is -2.18. The summed E-state index contributed by atoms with van der Waals surface area (Å²) < 4.78 is 16.8. The molecular weight excluding hydrogens is 925 g/mol. The molecule has 0 aromatic carbocycles. The number of hydrogen-bond donors (Lipinski definition) is 0. The van der Waals surface area contributed by atoms with E-state index in [0.717, 1.165) is 77.0 Å². The monoisotopic (exact) mass is 1040 g/mol. The van der Waals surface area contributed by atoms with Crippen LogP contribution in [-0.4, -0.2) is 37.2 Å². The maximum Gasteiger partial charge on any atom is 0.309 e. The minimum absolute atomic E-state index is 0.104. The molecule has 0 saturated heterocycles. The molecule has 75 heavy (non-hydrogen) atoms. The largest absolute Gasteiger partial charge is 0.462 e. The molecule has 0 N–H and O–H groups in total. The molecule has 432 valence electrons. The Morgan fingerprint density at radius 1 is 0.293 bits per heavy atom. The molecule has 0 spiro atoms. The number of esters is 3. The average molecular weight is 1050 g/mol. The number of ether oxygens (including phenoxy) is 3. The zero-order valence-electron chi connectivity index (χ0n) is 49.6. The van der Waals surface area contributed by atoms with Gasteiger partial charge in [-0.05, 0) is 77.0 Å². The van der Waals surface area contributed by atoms with Gasteiger partial charge in [0.25, 0.3) is 0 Å². The molecule has 0 heterocycles. The summed E-state index contributed by atoms with van der Waals surface area (Å²) in [6.45, 7) is 6.47. The maximum absolute atomic E-state index is 12.9. The van der Waals surface area contributed by atoms with E-state index in [9.17, 15) is 14.4 Å². The predicted molar refractivity (Wildman–Crippen MR) is 325 cm³/mol. The lowest BCUT2D eigenvalue weighted by Crippen LogP contribution is -2.30. The van der Waals surface area contributed by atoms with Gasteiger partial charge in [0.2, 0.25) is 0 Å². The fourth-order valence-electron chi connectivity index (χ4n) is 9.14. The first-order valence-electron chi connectivity index (χ1n) is 32.1. The highest BCUT2D eigenvalue weighted by Gasteiger charge is 2.19. The summed E-state index contributed by atoms with van der Waals surface area (Å²) in [6, 6.07) is 0. The molecule has 0 aromatic rings. The Bertz CT molecular complexity index is 1430. The van der Waals surface area contributed by atoms with Gasteiger partial charge in [0.05, 0.1) is 6.42 Å². The Hall–Kier alpha value is -3.41. The van der Waals surface area contributed by atoms with Gasteiger partial charge in [-0.3, -0.25) is 14.4 Å². The van der Waals surface area contributed by atoms with Crippen molar-refractivity contribution in [1.29, 1.82) is 0 Å². The van der Waals surface area contributed by atoms with E-state index in [1.165, 1.54) is 199 Å². The molecule has 0 bridgehead atoms. The van der Waals surface area contributed by atoms with E-state index in [4.69, 9.17) is 14.2 Å². The quantitative estimate of drug-likeness (QED) is 0.0261. The van der Waals surface area contributed by atoms with E-state index in [1.54, 1.807) is 6.08 Å². The second-order valence-electron chi connectivity index (χ2n) is 21.3. The molecule has 0 aliphatic carbocycles. The van der Waals surface area contributed by atoms with Gasteiger partial charge in [-0.2, -0.15) is 0 Å². The molecule has 0 radical (unpaired) electrons. The standard InChI is InChI=1S/C69H120O6/c1-4-7-10-13-16-19-22-25-28-30-31-32-33-34-35-36-37-39-41-44-47-50-53-56-59-62-68(71)74-65-66(64-73-67(70)61-58-55-52-49-46-43-40-27-24-21-18-15-12-9-6-3)75-69(72)63-60-57-54-51-48-45-42-38-29-26-23-20-17-14-11-8-5-2/h9,12,18,21-22,25,27,30-31,40,46,49,55,58,66H,4-8,10-11,13-17,19-20,23-24,26,28-29,32-39,41-45,47-48,50-54,56-57,59-65H2,1-3H3/b12-9-,21-18-,25-22-,31-30-,40-27-,49-46-,58-55-. The van der Waals surface area contributed by atoms with E-state index < -0.39 is 12.1 Å². The molecule has 0 aliphatic heterocycles. The highest BCUT2D eigenvalue weighted by molar-refractivity contribution is 5.72. The Morgan fingerprint density at radius 3 is 0.933 bits per heavy atom. The van der Waals surface area contributed by atoms with E-state index in [0.29, 0.717) is 12.8 Å². The van der Waals surface area contributed by atoms with Crippen molar-refractivity contribution in [2.45, 2.75) is 322 Å². The second kappa shape index (κ2) is 63.1. The van der Waals surface area contributed by atoms with Crippen LogP contribution in [-0.2, 0) is 28.6 Å². The first kappa shape index (κ1) is 71.6. The highest BCUT2D eigenvalue weighted by Crippen LogP contribution is 2.17. The van der Waals surface area contributed by atoms with E-state index in [2.05, 4.69) is 93.7 Å². The van der Waals surface area contributed by atoms with Crippen molar-refractivity contribution in [2.75, 3.05) is 13.2 Å². The topological polar surface area (TPSA) is 78.9 Å². The highest BCUT2D eigenvalue weighted by atomic mass is 16.6. The van der Waals surface area contributed by atoms with Crippen molar-refractivity contribution in [3.63, 3.8) is 0 Å². The third kappa shape index (κ3) is 61.3. The molecule has 1 unspecified atom stereocenters. The molecule has 6 heteroatoms. The number of carbonyl (C=O) groups is 3. The summed E-state index contributed by atoms with van der Waals surface area (Å²) in [4.78, 5) is 38.2. The summed E-state index contributed by atoms with van der Waals surface area (Å²) in [5, 5.41) is 0. The first-order valence-corrected chi connectivity index (χ1v) is 32.1. The van der Waals surface area contributed by atoms with Crippen molar-refractivity contribution < 1.29 is 28.6 Å². The second-order valence-corrected chi connectivity index (χ2v) is 21.3. The van der Waals surface area contributed by atoms with Crippen LogP contribution < -0.4 is 0 Å². The zero-order chi connectivity index (χ0) is 54.3. The van der Waals surface area contributed by atoms with Gasteiger partial charge in [0.15, 0.2) is 6.10 Å². The number of carbonyl (C=O) groups excluding carboxylic acids is 3. The average Bonchev–Trinajstić information content (AvgIpc) is 3.41. The smallest absolute Gasteiger partial charge is 0.309 e. The maximum atomic E-state index is 12.9. The molecule has 0 aliphatic rings. The van der Waals surface area contributed by atoms with Gasteiger partial charge < -0.3 is 14.2 Å². The molecule has 0 saturated carbocycles. The molecule has 1 atom stereocenters. The molecular formula is C69H120O6. The lowest BCUT2D eigenvalue weighted by molar-refractivity contribution is -0.166. The Balaban J connectivity index is 4.36. The van der Waals surface area contributed by atoms with Gasteiger partial charge in [0.1, 0.15) is 13.2 Å². The SMILES string of the molecule is CC/C=C\C/C=C\C/C=C\C/C=C\C/C=C\CC(=O)OCC(COC(=O)CCCCCCCCCCCCCCC/C=C\C/C=C\CCCCCCC)OC(=O)CCCCCCCCCCCCCCCCCCC. The normalized spacial score (nSPS) is 12.6. The van der Waals surface area contributed by atoms with Crippen LogP contribution in [0, 0.1) is 0 Å². The van der Waals surface area contributed by atoms with Crippen LogP contribution in [0.1, 0.15) is 316 Å². The van der Waals surface area contributed by atoms with E-state index in [-0.39, 0.29) is 31.6 Å². The Labute approximate surface area is 465 Å². The summed E-state index contributed by atoms with van der Waals surface area (Å²) in [5.41, 5.74) is 0. The number of rotatable bonds is 58. The fourth-order valence-corrected chi connectivity index (χ4v) is 9.14. The molecule has 0 amide bonds. The van der Waals surface area contributed by atoms with Crippen LogP contribution in [0.25, 0.3) is 0 Å². The van der Waals surface area contributed by atoms with Gasteiger partial charge in [0, 0.05) is 12.8 Å². The summed E-state index contributed by atoms with van der Waals surface area (Å²) >= 11 is 0. The van der Waals surface area contributed by atoms with Crippen LogP contribution in [0.4, 0.5) is 0 Å². The van der Waals surface area contributed by atoms with Gasteiger partial charge >= 0.3 is 17.9 Å². The summed E-state index contributed by atoms with van der Waals surface area (Å²) in [6.07, 6.45) is 83.3. The third-order valence-corrected chi connectivity index (χ3v) is 13.9. The number of unbranched alkanes of at least 4 members (excludes halogenated alkanes) is 34. The van der Waals surface area contributed by atoms with Crippen LogP contribution in [0.15, 0.2) is 85.1 Å². The Morgan fingerprint density at radius 2 is 0.573 bits per heavy atom. The van der Waals surface area contributed by atoms with Crippen LogP contribution >= 0.6 is 0 Å². The van der Waals surface area contributed by atoms with Crippen molar-refractivity contribution in [3.8, 4) is 0 Å². The number of allylic oxidation sites excluding steroid dienone is 13. The van der Waals surface area contributed by atoms with Crippen LogP contribution in [0.3, 0.4) is 0 Å². The van der Waals surface area contributed by atoms with Gasteiger partial charge in [-0.15, -0.1) is 0 Å². The van der Waals surface area contributed by atoms with Crippen LogP contribution in [0.2, 0.25) is 0 Å². The van der Waals surface area contributed by atoms with E-state index >= 15 is 0 Å². The van der Waals surface area contributed by atoms with Crippen molar-refractivity contribution in [1.82, 2.24) is 0 Å². The zero-order valence-corrected chi connectivity index (χ0v) is 49.6. The van der Waals surface area contributed by atoms with Gasteiger partial charge in [-0.1, -0.05) is 305 Å². The fraction of sp³-hybridized carbons (Fsp3) is 0.754. The molecule has 0 aromatic heterocycles. The Kier molecular flexibility index (Phi) is 60.3. The predicted octanol–water partition coefficient (Wildman–Crippen LogP) is 21.9. The number of hydrogen-bond acceptors (Lipinski definition) is 6. The molecule has 0 rings (SSSR count). The van der Waals surface area contributed by atoms with Crippen molar-refractivity contribution in [3.05, 3.63) is 85.1 Å². The minimum Gasteiger partial charge on any atom is -0.462 e. The van der Waals surface area contributed by atoms with Gasteiger partial charge in [-0.25, -0.2) is 0 Å². The van der Waals surface area contributed by atoms with Crippen LogP contribution in [0.5, 0.6) is 0 Å².